The number of benzene rings is 3. The van der Waals surface area contributed by atoms with E-state index in [2.05, 4.69) is 21.2 Å². The van der Waals surface area contributed by atoms with Gasteiger partial charge in [0.15, 0.2) is 6.61 Å². The van der Waals surface area contributed by atoms with Crippen LogP contribution < -0.4 is 10.1 Å². The van der Waals surface area contributed by atoms with Crippen molar-refractivity contribution in [3.8, 4) is 5.75 Å². The van der Waals surface area contributed by atoms with Gasteiger partial charge in [0.1, 0.15) is 17.6 Å². The maximum Gasteiger partial charge on any atom is 0.261 e. The molecule has 0 aromatic heterocycles. The molecule has 7 heteroatoms. The molecule has 174 valence electrons. The lowest BCUT2D eigenvalue weighted by atomic mass is 10.1. The fourth-order valence-electron chi connectivity index (χ4n) is 3.41. The second-order valence-corrected chi connectivity index (χ2v) is 8.79. The average Bonchev–Trinajstić information content (AvgIpc) is 2.82. The minimum Gasteiger partial charge on any atom is -0.483 e. The molecule has 5 nitrogen and oxygen atoms in total. The van der Waals surface area contributed by atoms with Crippen molar-refractivity contribution in [1.29, 1.82) is 0 Å². The number of fused-ring (bicyclic) bond motifs is 1. The van der Waals surface area contributed by atoms with Crippen LogP contribution in [0.1, 0.15) is 32.8 Å². The summed E-state index contributed by atoms with van der Waals surface area (Å²) in [6.45, 7) is 5.18. The normalized spacial score (nSPS) is 12.8. The first-order valence-electron chi connectivity index (χ1n) is 10.9. The van der Waals surface area contributed by atoms with Crippen molar-refractivity contribution in [3.63, 3.8) is 0 Å². The highest BCUT2D eigenvalue weighted by Gasteiger charge is 2.28. The first-order chi connectivity index (χ1) is 15.8. The number of carbonyl (C=O) groups excluding carboxylic acids is 2. The van der Waals surface area contributed by atoms with E-state index in [4.69, 9.17) is 4.74 Å². The fraction of sp³-hybridized carbons (Fsp3) is 0.308. The molecule has 2 amide bonds. The molecule has 0 heterocycles. The van der Waals surface area contributed by atoms with Gasteiger partial charge >= 0.3 is 0 Å². The van der Waals surface area contributed by atoms with Crippen LogP contribution in [-0.4, -0.2) is 35.4 Å². The van der Waals surface area contributed by atoms with E-state index in [9.17, 15) is 14.0 Å². The quantitative estimate of drug-likeness (QED) is 0.412. The standard InChI is InChI=1S/C26H28BrFN2O3/c1-4-17(2)29-26(32)18(3)30(15-20-10-6-8-12-22(20)28)24(31)16-33-23-14-13-19-9-5-7-11-21(19)25(23)27/h5-14,17-18H,4,15-16H2,1-3H3,(H,29,32)/t17-,18-/m1/s1. The molecule has 0 aliphatic rings. The summed E-state index contributed by atoms with van der Waals surface area (Å²) in [6, 6.07) is 16.9. The number of nitrogens with one attached hydrogen (secondary N) is 1. The summed E-state index contributed by atoms with van der Waals surface area (Å²) in [5.74, 6) is -0.612. The molecule has 33 heavy (non-hydrogen) atoms. The van der Waals surface area contributed by atoms with E-state index in [1.807, 2.05) is 44.2 Å². The number of hydrogen-bond acceptors (Lipinski definition) is 3. The van der Waals surface area contributed by atoms with Gasteiger partial charge in [0.05, 0.1) is 4.47 Å². The SMILES string of the molecule is CC[C@@H](C)NC(=O)[C@@H](C)N(Cc1ccccc1F)C(=O)COc1ccc2ccccc2c1Br. The van der Waals surface area contributed by atoms with Crippen LogP contribution in [0.25, 0.3) is 10.8 Å². The molecular weight excluding hydrogens is 487 g/mol. The van der Waals surface area contributed by atoms with Crippen molar-refractivity contribution >= 4 is 38.5 Å². The van der Waals surface area contributed by atoms with Crippen LogP contribution >= 0.6 is 15.9 Å². The second kappa shape index (κ2) is 11.3. The summed E-state index contributed by atoms with van der Waals surface area (Å²) in [4.78, 5) is 27.3. The highest BCUT2D eigenvalue weighted by atomic mass is 79.9. The number of carbonyl (C=O) groups is 2. The molecule has 3 aromatic carbocycles. The summed E-state index contributed by atoms with van der Waals surface area (Å²) in [5.41, 5.74) is 0.334. The van der Waals surface area contributed by atoms with Gasteiger partial charge in [-0.15, -0.1) is 0 Å². The topological polar surface area (TPSA) is 58.6 Å². The monoisotopic (exact) mass is 514 g/mol. The summed E-state index contributed by atoms with van der Waals surface area (Å²) in [5, 5.41) is 4.90. The number of ether oxygens (including phenoxy) is 1. The largest absolute Gasteiger partial charge is 0.483 e. The van der Waals surface area contributed by atoms with Crippen LogP contribution in [0, 0.1) is 5.82 Å². The lowest BCUT2D eigenvalue weighted by Crippen LogP contribution is -2.50. The van der Waals surface area contributed by atoms with Gasteiger partial charge in [-0.3, -0.25) is 9.59 Å². The molecule has 3 rings (SSSR count). The first kappa shape index (κ1) is 24.7. The zero-order chi connectivity index (χ0) is 24.0. The molecular formula is C26H28BrFN2O3. The van der Waals surface area contributed by atoms with Crippen LogP contribution in [0.4, 0.5) is 4.39 Å². The second-order valence-electron chi connectivity index (χ2n) is 7.99. The molecule has 0 aliphatic carbocycles. The molecule has 3 aromatic rings. The van der Waals surface area contributed by atoms with Gasteiger partial charge in [-0.05, 0) is 59.1 Å². The Hall–Kier alpha value is -2.93. The number of nitrogens with zero attached hydrogens (tertiary/aromatic N) is 1. The van der Waals surface area contributed by atoms with Gasteiger partial charge in [0.25, 0.3) is 5.91 Å². The molecule has 0 spiro atoms. The highest BCUT2D eigenvalue weighted by Crippen LogP contribution is 2.33. The Bertz CT molecular complexity index is 1140. The smallest absolute Gasteiger partial charge is 0.261 e. The molecule has 0 fully saturated rings. The van der Waals surface area contributed by atoms with E-state index in [1.165, 1.54) is 11.0 Å². The van der Waals surface area contributed by atoms with Crippen LogP contribution in [0.5, 0.6) is 5.75 Å². The van der Waals surface area contributed by atoms with Crippen LogP contribution in [-0.2, 0) is 16.1 Å². The number of rotatable bonds is 9. The zero-order valence-corrected chi connectivity index (χ0v) is 20.6. The maximum absolute atomic E-state index is 14.3. The van der Waals surface area contributed by atoms with Gasteiger partial charge in [-0.25, -0.2) is 4.39 Å². The van der Waals surface area contributed by atoms with Crippen LogP contribution in [0.15, 0.2) is 65.1 Å². The van der Waals surface area contributed by atoms with E-state index in [0.717, 1.165) is 21.7 Å². The zero-order valence-electron chi connectivity index (χ0n) is 19.0. The van der Waals surface area contributed by atoms with Gasteiger partial charge in [-0.2, -0.15) is 0 Å². The van der Waals surface area contributed by atoms with E-state index in [1.54, 1.807) is 31.2 Å². The molecule has 1 N–H and O–H groups in total. The molecule has 2 atom stereocenters. The van der Waals surface area contributed by atoms with Crippen molar-refractivity contribution in [2.75, 3.05) is 6.61 Å². The van der Waals surface area contributed by atoms with E-state index in [0.29, 0.717) is 11.3 Å². The summed E-state index contributed by atoms with van der Waals surface area (Å²) in [6.07, 6.45) is 0.763. The molecule has 0 saturated heterocycles. The third-order valence-corrected chi connectivity index (χ3v) is 6.46. The summed E-state index contributed by atoms with van der Waals surface area (Å²) >= 11 is 3.56. The Balaban J connectivity index is 1.80. The van der Waals surface area contributed by atoms with Crippen molar-refractivity contribution in [1.82, 2.24) is 10.2 Å². The minimum absolute atomic E-state index is 0.0323. The first-order valence-corrected chi connectivity index (χ1v) is 11.7. The third-order valence-electron chi connectivity index (χ3n) is 5.65. The summed E-state index contributed by atoms with van der Waals surface area (Å²) in [7, 11) is 0. The molecule has 0 unspecified atom stereocenters. The molecule has 0 saturated carbocycles. The Kier molecular flexibility index (Phi) is 8.44. The summed E-state index contributed by atoms with van der Waals surface area (Å²) < 4.78 is 20.9. The Morgan fingerprint density at radius 1 is 1.06 bits per heavy atom. The van der Waals surface area contributed by atoms with Gasteiger partial charge < -0.3 is 15.0 Å². The number of amides is 2. The van der Waals surface area contributed by atoms with E-state index >= 15 is 0 Å². The van der Waals surface area contributed by atoms with Gasteiger partial charge in [-0.1, -0.05) is 55.5 Å². The van der Waals surface area contributed by atoms with Crippen molar-refractivity contribution in [2.45, 2.75) is 45.8 Å². The van der Waals surface area contributed by atoms with Gasteiger partial charge in [0.2, 0.25) is 5.91 Å². The number of hydrogen-bond donors (Lipinski definition) is 1. The Morgan fingerprint density at radius 2 is 1.76 bits per heavy atom. The molecule has 0 radical (unpaired) electrons. The predicted molar refractivity (Wildman–Crippen MR) is 131 cm³/mol. The van der Waals surface area contributed by atoms with Crippen LogP contribution in [0.2, 0.25) is 0 Å². The highest BCUT2D eigenvalue weighted by molar-refractivity contribution is 9.10. The van der Waals surface area contributed by atoms with Crippen LogP contribution in [0.3, 0.4) is 0 Å². The molecule has 0 aliphatic heterocycles. The third kappa shape index (κ3) is 6.11. The fourth-order valence-corrected chi connectivity index (χ4v) is 4.01. The van der Waals surface area contributed by atoms with Gasteiger partial charge in [0, 0.05) is 18.2 Å². The lowest BCUT2D eigenvalue weighted by molar-refractivity contribution is -0.142. The predicted octanol–water partition coefficient (Wildman–Crippen LogP) is 5.45. The maximum atomic E-state index is 14.3. The minimum atomic E-state index is -0.797. The van der Waals surface area contributed by atoms with Crippen molar-refractivity contribution in [3.05, 3.63) is 76.5 Å². The molecule has 0 bridgehead atoms. The van der Waals surface area contributed by atoms with E-state index < -0.39 is 17.8 Å². The van der Waals surface area contributed by atoms with Crippen molar-refractivity contribution < 1.29 is 18.7 Å². The van der Waals surface area contributed by atoms with Crippen molar-refractivity contribution in [2.24, 2.45) is 0 Å². The Labute approximate surface area is 202 Å². The number of halogens is 2. The lowest BCUT2D eigenvalue weighted by Gasteiger charge is -2.29. The van der Waals surface area contributed by atoms with E-state index in [-0.39, 0.29) is 25.1 Å². The average molecular weight is 515 g/mol. The Morgan fingerprint density at radius 3 is 2.48 bits per heavy atom.